The van der Waals surface area contributed by atoms with Gasteiger partial charge in [-0.15, -0.1) is 0 Å². The highest BCUT2D eigenvalue weighted by Crippen LogP contribution is 1.97. The number of aliphatic hydroxyl groups is 1. The minimum Gasteiger partial charge on any atom is -0.516 e. The average molecular weight is 128 g/mol. The first kappa shape index (κ1) is 8.21. The van der Waals surface area contributed by atoms with Crippen molar-refractivity contribution in [3.8, 4) is 0 Å². The van der Waals surface area contributed by atoms with Crippen LogP contribution in [0.2, 0.25) is 0 Å². The number of hydrogen-bond donors (Lipinski definition) is 2. The van der Waals surface area contributed by atoms with Crippen molar-refractivity contribution < 1.29 is 10.1 Å². The average Bonchev–Trinajstić information content (AvgIpc) is 1.87. The van der Waals surface area contributed by atoms with E-state index >= 15 is 0 Å². The van der Waals surface area contributed by atoms with E-state index in [1.165, 1.54) is 0 Å². The molecule has 0 aromatic heterocycles. The molecule has 0 aliphatic rings. The molecule has 2 heteroatoms. The summed E-state index contributed by atoms with van der Waals surface area (Å²) in [6.45, 7) is 7.54. The molecule has 0 fully saturated rings. The molecule has 0 aliphatic heterocycles. The van der Waals surface area contributed by atoms with Crippen LogP contribution in [0.4, 0.5) is 0 Å². The van der Waals surface area contributed by atoms with Crippen LogP contribution >= 0.6 is 0 Å². The quantitative estimate of drug-likeness (QED) is 0.403. The molecule has 0 rings (SSSR count). The number of aliphatic hydroxyl groups excluding tert-OH is 1. The molecular formula is C7H14NO+. The normalized spacial score (nSPS) is 17.6. The molecule has 0 spiro atoms. The van der Waals surface area contributed by atoms with Crippen molar-refractivity contribution in [2.75, 3.05) is 0 Å². The van der Waals surface area contributed by atoms with Crippen LogP contribution in [-0.4, -0.2) is 17.9 Å². The second-order valence-corrected chi connectivity index (χ2v) is 2.19. The molecule has 0 heterocycles. The maximum absolute atomic E-state index is 8.35. The minimum atomic E-state index is 0.313. The predicted octanol–water partition coefficient (Wildman–Crippen LogP) is -0.136. The molecule has 52 valence electrons. The number of nitrogens with one attached hydrogen (secondary N) is 1. The van der Waals surface area contributed by atoms with Crippen molar-refractivity contribution in [1.82, 2.24) is 0 Å². The van der Waals surface area contributed by atoms with Crippen LogP contribution in [0.15, 0.2) is 12.3 Å². The maximum Gasteiger partial charge on any atom is 0.153 e. The monoisotopic (exact) mass is 128 g/mol. The van der Waals surface area contributed by atoms with E-state index in [0.717, 1.165) is 6.26 Å². The molecule has 0 aromatic rings. The van der Waals surface area contributed by atoms with Gasteiger partial charge in [0.05, 0.1) is 6.26 Å². The lowest BCUT2D eigenvalue weighted by Gasteiger charge is -2.03. The lowest BCUT2D eigenvalue weighted by atomic mass is 10.1. The molecule has 9 heavy (non-hydrogen) atoms. The molecule has 2 nitrogen and oxygen atoms in total. The van der Waals surface area contributed by atoms with Gasteiger partial charge in [0.25, 0.3) is 0 Å². The maximum atomic E-state index is 8.35. The molecule has 0 saturated carbocycles. The molecular weight excluding hydrogens is 114 g/mol. The Morgan fingerprint density at radius 2 is 2.11 bits per heavy atom. The smallest absolute Gasteiger partial charge is 0.153 e. The second-order valence-electron chi connectivity index (χ2n) is 2.19. The van der Waals surface area contributed by atoms with Crippen molar-refractivity contribution >= 4 is 6.72 Å². The van der Waals surface area contributed by atoms with Gasteiger partial charge in [-0.25, -0.2) is 0 Å². The van der Waals surface area contributed by atoms with Gasteiger partial charge in [0.1, 0.15) is 6.72 Å². The highest BCUT2D eigenvalue weighted by atomic mass is 16.2. The fraction of sp³-hybridized carbons (Fsp3) is 0.571. The van der Waals surface area contributed by atoms with Gasteiger partial charge in [-0.1, -0.05) is 6.92 Å². The van der Waals surface area contributed by atoms with Crippen molar-refractivity contribution in [2.24, 2.45) is 5.92 Å². The van der Waals surface area contributed by atoms with E-state index in [1.54, 1.807) is 6.08 Å². The Balaban J connectivity index is 3.71. The second kappa shape index (κ2) is 4.13. The van der Waals surface area contributed by atoms with Gasteiger partial charge >= 0.3 is 0 Å². The largest absolute Gasteiger partial charge is 0.516 e. The Kier molecular flexibility index (Phi) is 3.76. The standard InChI is InChI=1S/C7H13NO/c1-6(4-5-9)7(2)8-3/h4-7,9H,3H2,1-2H3/p+1/b5-4+/t6-,7+/m1/s1. The molecule has 2 N–H and O–H groups in total. The van der Waals surface area contributed by atoms with Crippen LogP contribution in [0, 0.1) is 5.92 Å². The van der Waals surface area contributed by atoms with Crippen LogP contribution in [0.3, 0.4) is 0 Å². The van der Waals surface area contributed by atoms with Crippen LogP contribution < -0.4 is 4.99 Å². The summed E-state index contributed by atoms with van der Waals surface area (Å²) < 4.78 is 0. The summed E-state index contributed by atoms with van der Waals surface area (Å²) in [5, 5.41) is 8.35. The van der Waals surface area contributed by atoms with E-state index in [-0.39, 0.29) is 0 Å². The van der Waals surface area contributed by atoms with E-state index in [4.69, 9.17) is 5.11 Å². The predicted molar refractivity (Wildman–Crippen MR) is 38.5 cm³/mol. The summed E-state index contributed by atoms with van der Waals surface area (Å²) in [5.41, 5.74) is 0. The summed E-state index contributed by atoms with van der Waals surface area (Å²) in [4.78, 5) is 2.84. The molecule has 0 radical (unpaired) electrons. The third kappa shape index (κ3) is 2.90. The molecule has 0 amide bonds. The Bertz CT molecular complexity index is 109. The SMILES string of the molecule is C=[NH+][C@@H](C)[C@H](C)/C=C/O. The van der Waals surface area contributed by atoms with Crippen LogP contribution in [0.1, 0.15) is 13.8 Å². The van der Waals surface area contributed by atoms with E-state index in [1.807, 2.05) is 13.8 Å². The molecule has 0 unspecified atom stereocenters. The molecule has 0 aromatic carbocycles. The Morgan fingerprint density at radius 1 is 1.56 bits per heavy atom. The fourth-order valence-corrected chi connectivity index (χ4v) is 0.488. The van der Waals surface area contributed by atoms with E-state index in [9.17, 15) is 0 Å². The molecule has 0 saturated heterocycles. The van der Waals surface area contributed by atoms with E-state index in [2.05, 4.69) is 11.7 Å². The van der Waals surface area contributed by atoms with Crippen LogP contribution in [-0.2, 0) is 0 Å². The van der Waals surface area contributed by atoms with Crippen molar-refractivity contribution in [3.63, 3.8) is 0 Å². The summed E-state index contributed by atoms with van der Waals surface area (Å²) in [6, 6.07) is 0.313. The Morgan fingerprint density at radius 3 is 2.44 bits per heavy atom. The number of rotatable bonds is 3. The highest BCUT2D eigenvalue weighted by molar-refractivity contribution is 5.12. The van der Waals surface area contributed by atoms with Gasteiger partial charge in [0.2, 0.25) is 0 Å². The Hall–Kier alpha value is -0.790. The van der Waals surface area contributed by atoms with Crippen LogP contribution in [0.5, 0.6) is 0 Å². The van der Waals surface area contributed by atoms with Gasteiger partial charge in [0, 0.05) is 5.92 Å². The third-order valence-electron chi connectivity index (χ3n) is 1.50. The highest BCUT2D eigenvalue weighted by Gasteiger charge is 2.09. The van der Waals surface area contributed by atoms with Crippen molar-refractivity contribution in [2.45, 2.75) is 19.9 Å². The van der Waals surface area contributed by atoms with Gasteiger partial charge < -0.3 is 5.11 Å². The minimum absolute atomic E-state index is 0.313. The molecule has 0 bridgehead atoms. The van der Waals surface area contributed by atoms with Crippen molar-refractivity contribution in [3.05, 3.63) is 12.3 Å². The summed E-state index contributed by atoms with van der Waals surface area (Å²) in [6.07, 6.45) is 2.79. The zero-order valence-corrected chi connectivity index (χ0v) is 5.96. The summed E-state index contributed by atoms with van der Waals surface area (Å²) >= 11 is 0. The topological polar surface area (TPSA) is 34.2 Å². The van der Waals surface area contributed by atoms with Gasteiger partial charge in [-0.3, -0.25) is 4.99 Å². The van der Waals surface area contributed by atoms with E-state index < -0.39 is 0 Å². The zero-order valence-electron chi connectivity index (χ0n) is 5.96. The number of hydrogen-bond acceptors (Lipinski definition) is 1. The molecule has 2 atom stereocenters. The Labute approximate surface area is 55.9 Å². The fourth-order valence-electron chi connectivity index (χ4n) is 0.488. The van der Waals surface area contributed by atoms with E-state index in [0.29, 0.717) is 12.0 Å². The first-order chi connectivity index (χ1) is 4.22. The summed E-state index contributed by atoms with van der Waals surface area (Å²) in [7, 11) is 0. The van der Waals surface area contributed by atoms with Gasteiger partial charge in [-0.2, -0.15) is 0 Å². The first-order valence-corrected chi connectivity index (χ1v) is 3.06. The third-order valence-corrected chi connectivity index (χ3v) is 1.50. The zero-order chi connectivity index (χ0) is 7.28. The lowest BCUT2D eigenvalue weighted by Crippen LogP contribution is -2.74. The molecule has 0 aliphatic carbocycles. The first-order valence-electron chi connectivity index (χ1n) is 3.06. The lowest BCUT2D eigenvalue weighted by molar-refractivity contribution is -0.496. The van der Waals surface area contributed by atoms with Gasteiger partial charge in [0.15, 0.2) is 6.04 Å². The summed E-state index contributed by atoms with van der Waals surface area (Å²) in [5.74, 6) is 0.326. The van der Waals surface area contributed by atoms with Gasteiger partial charge in [-0.05, 0) is 13.0 Å². The van der Waals surface area contributed by atoms with Crippen LogP contribution in [0.25, 0.3) is 0 Å². The van der Waals surface area contributed by atoms with Crippen molar-refractivity contribution in [1.29, 1.82) is 0 Å².